The average Bonchev–Trinajstić information content (AvgIpc) is 2.61. The zero-order valence-electron chi connectivity index (χ0n) is 9.81. The van der Waals surface area contributed by atoms with Gasteiger partial charge in [0.15, 0.2) is 0 Å². The van der Waals surface area contributed by atoms with Crippen LogP contribution in [0.1, 0.15) is 11.6 Å². The smallest absolute Gasteiger partial charge is 0.0955 e. The minimum atomic E-state index is 0.244. The first-order valence-corrected chi connectivity index (χ1v) is 5.80. The van der Waals surface area contributed by atoms with Crippen molar-refractivity contribution in [3.05, 3.63) is 30.1 Å². The third-order valence-electron chi connectivity index (χ3n) is 2.90. The molecule has 3 nitrogen and oxygen atoms in total. The van der Waals surface area contributed by atoms with Crippen molar-refractivity contribution in [3.8, 4) is 0 Å². The normalized spacial score (nSPS) is 13.6. The number of hydrogen-bond donors (Lipinski definition) is 0. The van der Waals surface area contributed by atoms with Crippen molar-refractivity contribution in [1.82, 2.24) is 14.5 Å². The van der Waals surface area contributed by atoms with Gasteiger partial charge in [-0.25, -0.2) is 4.98 Å². The second-order valence-electron chi connectivity index (χ2n) is 4.24. The van der Waals surface area contributed by atoms with E-state index in [2.05, 4.69) is 28.1 Å². The molecule has 0 spiro atoms. The predicted octanol–water partition coefficient (Wildman–Crippen LogP) is 2.41. The van der Waals surface area contributed by atoms with Crippen LogP contribution in [-0.2, 0) is 7.05 Å². The van der Waals surface area contributed by atoms with Gasteiger partial charge in [-0.3, -0.25) is 0 Å². The van der Waals surface area contributed by atoms with Gasteiger partial charge < -0.3 is 9.47 Å². The number of aryl methyl sites for hydroxylation is 1. The van der Waals surface area contributed by atoms with E-state index in [9.17, 15) is 0 Å². The predicted molar refractivity (Wildman–Crippen MR) is 67.9 cm³/mol. The summed E-state index contributed by atoms with van der Waals surface area (Å²) >= 11 is 5.99. The van der Waals surface area contributed by atoms with Crippen LogP contribution in [0.4, 0.5) is 0 Å². The highest BCUT2D eigenvalue weighted by molar-refractivity contribution is 6.18. The number of aromatic nitrogens is 2. The van der Waals surface area contributed by atoms with Gasteiger partial charge in [-0.05, 0) is 31.8 Å². The van der Waals surface area contributed by atoms with Crippen LogP contribution in [0.25, 0.3) is 11.0 Å². The number of nitrogens with zero attached hydrogens (tertiary/aromatic N) is 3. The first-order chi connectivity index (χ1) is 7.63. The van der Waals surface area contributed by atoms with E-state index in [1.165, 1.54) is 5.56 Å². The molecule has 0 amide bonds. The molecule has 0 aliphatic heterocycles. The summed E-state index contributed by atoms with van der Waals surface area (Å²) in [6.07, 6.45) is 1.83. The maximum atomic E-state index is 5.99. The van der Waals surface area contributed by atoms with Gasteiger partial charge in [-0.2, -0.15) is 0 Å². The second kappa shape index (κ2) is 4.44. The van der Waals surface area contributed by atoms with E-state index in [1.807, 2.05) is 32.0 Å². The standard InChI is InChI=1S/C12H16ClN3/c1-15(2)12(7-13)9-4-5-11-10(6-9)14-8-16(11)3/h4-6,8,12H,7H2,1-3H3. The maximum Gasteiger partial charge on any atom is 0.0955 e. The van der Waals surface area contributed by atoms with Crippen LogP contribution in [0, 0.1) is 0 Å². The Kier molecular flexibility index (Phi) is 3.17. The Balaban J connectivity index is 2.46. The van der Waals surface area contributed by atoms with Crippen LogP contribution in [0.15, 0.2) is 24.5 Å². The summed E-state index contributed by atoms with van der Waals surface area (Å²) in [5.41, 5.74) is 3.39. The lowest BCUT2D eigenvalue weighted by Gasteiger charge is -2.22. The summed E-state index contributed by atoms with van der Waals surface area (Å²) in [6.45, 7) is 0. The Labute approximate surface area is 101 Å². The fourth-order valence-electron chi connectivity index (χ4n) is 1.89. The van der Waals surface area contributed by atoms with E-state index in [4.69, 9.17) is 11.6 Å². The fraction of sp³-hybridized carbons (Fsp3) is 0.417. The molecule has 1 aromatic heterocycles. The Morgan fingerprint density at radius 3 is 2.81 bits per heavy atom. The minimum absolute atomic E-state index is 0.244. The van der Waals surface area contributed by atoms with Crippen LogP contribution in [0.5, 0.6) is 0 Å². The second-order valence-corrected chi connectivity index (χ2v) is 4.55. The van der Waals surface area contributed by atoms with Crippen LogP contribution >= 0.6 is 11.6 Å². The molecule has 4 heteroatoms. The largest absolute Gasteiger partial charge is 0.334 e. The molecule has 16 heavy (non-hydrogen) atoms. The Bertz CT molecular complexity index is 490. The Hall–Kier alpha value is -1.06. The average molecular weight is 238 g/mol. The van der Waals surface area contributed by atoms with E-state index in [-0.39, 0.29) is 6.04 Å². The summed E-state index contributed by atoms with van der Waals surface area (Å²) in [7, 11) is 6.07. The molecule has 86 valence electrons. The zero-order chi connectivity index (χ0) is 11.7. The molecule has 0 bridgehead atoms. The molecule has 0 radical (unpaired) electrons. The van der Waals surface area contributed by atoms with Crippen molar-refractivity contribution in [1.29, 1.82) is 0 Å². The van der Waals surface area contributed by atoms with Crippen molar-refractivity contribution < 1.29 is 0 Å². The molecule has 1 atom stereocenters. The highest BCUT2D eigenvalue weighted by atomic mass is 35.5. The molecule has 2 aromatic rings. The summed E-state index contributed by atoms with van der Waals surface area (Å²) in [5.74, 6) is 0.589. The van der Waals surface area contributed by atoms with E-state index in [1.54, 1.807) is 0 Å². The topological polar surface area (TPSA) is 21.1 Å². The van der Waals surface area contributed by atoms with Crippen LogP contribution in [0.3, 0.4) is 0 Å². The number of benzene rings is 1. The molecular weight excluding hydrogens is 222 g/mol. The van der Waals surface area contributed by atoms with Crippen molar-refractivity contribution in [2.24, 2.45) is 7.05 Å². The molecule has 1 heterocycles. The Morgan fingerprint density at radius 1 is 1.44 bits per heavy atom. The maximum absolute atomic E-state index is 5.99. The minimum Gasteiger partial charge on any atom is -0.334 e. The molecule has 0 saturated carbocycles. The summed E-state index contributed by atoms with van der Waals surface area (Å²) in [5, 5.41) is 0. The quantitative estimate of drug-likeness (QED) is 0.765. The van der Waals surface area contributed by atoms with Gasteiger partial charge in [0.1, 0.15) is 0 Å². The van der Waals surface area contributed by atoms with Crippen molar-refractivity contribution in [2.75, 3.05) is 20.0 Å². The fourth-order valence-corrected chi connectivity index (χ4v) is 2.34. The lowest BCUT2D eigenvalue weighted by atomic mass is 10.1. The van der Waals surface area contributed by atoms with Crippen LogP contribution in [0.2, 0.25) is 0 Å². The lowest BCUT2D eigenvalue weighted by molar-refractivity contribution is 0.325. The number of alkyl halides is 1. The van der Waals surface area contributed by atoms with Crippen molar-refractivity contribution in [2.45, 2.75) is 6.04 Å². The van der Waals surface area contributed by atoms with Crippen LogP contribution in [-0.4, -0.2) is 34.4 Å². The molecule has 0 aliphatic rings. The third-order valence-corrected chi connectivity index (χ3v) is 3.20. The summed E-state index contributed by atoms with van der Waals surface area (Å²) in [4.78, 5) is 6.48. The molecule has 2 rings (SSSR count). The van der Waals surface area contributed by atoms with Gasteiger partial charge >= 0.3 is 0 Å². The molecule has 1 unspecified atom stereocenters. The van der Waals surface area contributed by atoms with E-state index < -0.39 is 0 Å². The van der Waals surface area contributed by atoms with Gasteiger partial charge in [-0.15, -0.1) is 11.6 Å². The summed E-state index contributed by atoms with van der Waals surface area (Å²) < 4.78 is 2.02. The zero-order valence-corrected chi connectivity index (χ0v) is 10.6. The SMILES string of the molecule is CN(C)C(CCl)c1ccc2c(c1)ncn2C. The molecule has 0 aliphatic carbocycles. The van der Waals surface area contributed by atoms with Gasteiger partial charge in [0.25, 0.3) is 0 Å². The van der Waals surface area contributed by atoms with Gasteiger partial charge in [-0.1, -0.05) is 6.07 Å². The molecule has 1 aromatic carbocycles. The number of fused-ring (bicyclic) bond motifs is 1. The van der Waals surface area contributed by atoms with Gasteiger partial charge in [0, 0.05) is 19.0 Å². The number of imidazole rings is 1. The number of rotatable bonds is 3. The molecule has 0 saturated heterocycles. The number of halogens is 1. The van der Waals surface area contributed by atoms with Crippen molar-refractivity contribution in [3.63, 3.8) is 0 Å². The highest BCUT2D eigenvalue weighted by Crippen LogP contribution is 2.23. The Morgan fingerprint density at radius 2 is 2.19 bits per heavy atom. The number of hydrogen-bond acceptors (Lipinski definition) is 2. The van der Waals surface area contributed by atoms with Gasteiger partial charge in [0.2, 0.25) is 0 Å². The van der Waals surface area contributed by atoms with Gasteiger partial charge in [0.05, 0.1) is 17.4 Å². The van der Waals surface area contributed by atoms with Crippen LogP contribution < -0.4 is 0 Å². The van der Waals surface area contributed by atoms with E-state index in [0.29, 0.717) is 5.88 Å². The molecule has 0 N–H and O–H groups in total. The first-order valence-electron chi connectivity index (χ1n) is 5.27. The van der Waals surface area contributed by atoms with E-state index >= 15 is 0 Å². The molecule has 0 fully saturated rings. The molecular formula is C12H16ClN3. The third kappa shape index (κ3) is 1.93. The lowest BCUT2D eigenvalue weighted by Crippen LogP contribution is -2.21. The monoisotopic (exact) mass is 237 g/mol. The van der Waals surface area contributed by atoms with E-state index in [0.717, 1.165) is 11.0 Å². The summed E-state index contributed by atoms with van der Waals surface area (Å²) in [6, 6.07) is 6.58. The first kappa shape index (κ1) is 11.4. The van der Waals surface area contributed by atoms with Crippen molar-refractivity contribution >= 4 is 22.6 Å². The highest BCUT2D eigenvalue weighted by Gasteiger charge is 2.13.